The third-order valence-electron chi connectivity index (χ3n) is 2.62. The highest BCUT2D eigenvalue weighted by Gasteiger charge is 2.08. The summed E-state index contributed by atoms with van der Waals surface area (Å²) in [5.74, 6) is -1.64. The highest BCUT2D eigenvalue weighted by molar-refractivity contribution is 7.16. The molecule has 0 spiro atoms. The molecule has 0 aliphatic carbocycles. The van der Waals surface area contributed by atoms with Crippen LogP contribution in [0.1, 0.15) is 23.4 Å². The van der Waals surface area contributed by atoms with E-state index in [1.165, 1.54) is 17.4 Å². The molecule has 0 bridgehead atoms. The Morgan fingerprint density at radius 2 is 2.00 bits per heavy atom. The zero-order valence-electron chi connectivity index (χ0n) is 9.71. The lowest BCUT2D eigenvalue weighted by molar-refractivity contribution is 0.504. The summed E-state index contributed by atoms with van der Waals surface area (Å²) in [7, 11) is 0. The summed E-state index contributed by atoms with van der Waals surface area (Å²) in [5, 5.41) is 3.24. The number of hydrogen-bond donors (Lipinski definition) is 1. The predicted molar refractivity (Wildman–Crippen MR) is 70.9 cm³/mol. The van der Waals surface area contributed by atoms with Gasteiger partial charge in [0.25, 0.3) is 0 Å². The highest BCUT2D eigenvalue weighted by Crippen LogP contribution is 2.26. The molecule has 96 valence electrons. The van der Waals surface area contributed by atoms with Crippen LogP contribution in [-0.2, 0) is 6.54 Å². The van der Waals surface area contributed by atoms with Crippen LogP contribution in [-0.4, -0.2) is 0 Å². The summed E-state index contributed by atoms with van der Waals surface area (Å²) >= 11 is 7.36. The minimum absolute atomic E-state index is 0.121. The van der Waals surface area contributed by atoms with Gasteiger partial charge in [-0.2, -0.15) is 0 Å². The van der Waals surface area contributed by atoms with Crippen LogP contribution in [0.5, 0.6) is 0 Å². The molecule has 1 aromatic carbocycles. The first-order chi connectivity index (χ1) is 8.56. The fraction of sp³-hybridized carbons (Fsp3) is 0.231. The molecule has 0 radical (unpaired) electrons. The van der Waals surface area contributed by atoms with Gasteiger partial charge in [-0.1, -0.05) is 17.7 Å². The minimum atomic E-state index is -0.822. The SMILES string of the molecule is CC(NCc1ccc(F)c(F)c1)c1ccc(Cl)s1. The molecule has 1 nitrogen and oxygen atoms in total. The fourth-order valence-electron chi connectivity index (χ4n) is 1.58. The van der Waals surface area contributed by atoms with Gasteiger partial charge in [0.15, 0.2) is 11.6 Å². The zero-order valence-corrected chi connectivity index (χ0v) is 11.3. The molecular formula is C13H12ClF2NS. The van der Waals surface area contributed by atoms with Crippen molar-refractivity contribution in [1.29, 1.82) is 0 Å². The lowest BCUT2D eigenvalue weighted by atomic mass is 10.2. The Hall–Kier alpha value is -0.970. The maximum atomic E-state index is 13.0. The summed E-state index contributed by atoms with van der Waals surface area (Å²) in [5.41, 5.74) is 0.711. The second kappa shape index (κ2) is 5.78. The van der Waals surface area contributed by atoms with E-state index in [0.717, 1.165) is 15.3 Å². The fourth-order valence-corrected chi connectivity index (χ4v) is 2.67. The van der Waals surface area contributed by atoms with E-state index in [-0.39, 0.29) is 6.04 Å². The molecule has 2 rings (SSSR count). The monoisotopic (exact) mass is 287 g/mol. The van der Waals surface area contributed by atoms with Gasteiger partial charge in [0.2, 0.25) is 0 Å². The molecule has 0 saturated heterocycles. The largest absolute Gasteiger partial charge is 0.305 e. The zero-order chi connectivity index (χ0) is 13.1. The molecule has 0 fully saturated rings. The van der Waals surface area contributed by atoms with Crippen molar-refractivity contribution in [1.82, 2.24) is 5.32 Å². The van der Waals surface area contributed by atoms with Crippen molar-refractivity contribution in [2.45, 2.75) is 19.5 Å². The third kappa shape index (κ3) is 3.28. The van der Waals surface area contributed by atoms with Gasteiger partial charge >= 0.3 is 0 Å². The molecule has 0 aliphatic heterocycles. The maximum absolute atomic E-state index is 13.0. The van der Waals surface area contributed by atoms with Crippen LogP contribution in [0.25, 0.3) is 0 Å². The van der Waals surface area contributed by atoms with Gasteiger partial charge < -0.3 is 5.32 Å². The van der Waals surface area contributed by atoms with Crippen LogP contribution < -0.4 is 5.32 Å². The molecule has 2 aromatic rings. The van der Waals surface area contributed by atoms with Crippen molar-refractivity contribution >= 4 is 22.9 Å². The summed E-state index contributed by atoms with van der Waals surface area (Å²) in [4.78, 5) is 1.11. The normalized spacial score (nSPS) is 12.7. The number of nitrogens with one attached hydrogen (secondary N) is 1. The van der Waals surface area contributed by atoms with Crippen LogP contribution in [0.15, 0.2) is 30.3 Å². The maximum Gasteiger partial charge on any atom is 0.159 e. The topological polar surface area (TPSA) is 12.0 Å². The Morgan fingerprint density at radius 3 is 2.61 bits per heavy atom. The van der Waals surface area contributed by atoms with Gasteiger partial charge in [0, 0.05) is 17.5 Å². The van der Waals surface area contributed by atoms with Crippen molar-refractivity contribution in [3.8, 4) is 0 Å². The van der Waals surface area contributed by atoms with Crippen LogP contribution in [0.4, 0.5) is 8.78 Å². The average molecular weight is 288 g/mol. The first-order valence-electron chi connectivity index (χ1n) is 5.49. The minimum Gasteiger partial charge on any atom is -0.305 e. The van der Waals surface area contributed by atoms with Crippen LogP contribution in [0.3, 0.4) is 0 Å². The lowest BCUT2D eigenvalue weighted by Crippen LogP contribution is -2.17. The molecule has 1 unspecified atom stereocenters. The Bertz CT molecular complexity index is 542. The first-order valence-corrected chi connectivity index (χ1v) is 6.68. The molecule has 1 aromatic heterocycles. The first kappa shape index (κ1) is 13.5. The van der Waals surface area contributed by atoms with E-state index in [1.807, 2.05) is 19.1 Å². The summed E-state index contributed by atoms with van der Waals surface area (Å²) in [6.45, 7) is 2.48. The van der Waals surface area contributed by atoms with E-state index in [0.29, 0.717) is 12.1 Å². The Balaban J connectivity index is 1.97. The molecule has 0 amide bonds. The lowest BCUT2D eigenvalue weighted by Gasteiger charge is -2.12. The van der Waals surface area contributed by atoms with Crippen molar-refractivity contribution in [2.75, 3.05) is 0 Å². The average Bonchev–Trinajstić information content (AvgIpc) is 2.77. The highest BCUT2D eigenvalue weighted by atomic mass is 35.5. The molecule has 5 heteroatoms. The molecule has 1 heterocycles. The molecule has 0 aliphatic rings. The van der Waals surface area contributed by atoms with E-state index < -0.39 is 11.6 Å². The summed E-state index contributed by atoms with van der Waals surface area (Å²) in [6.07, 6.45) is 0. The van der Waals surface area contributed by atoms with E-state index in [1.54, 1.807) is 6.07 Å². The van der Waals surface area contributed by atoms with Crippen LogP contribution in [0.2, 0.25) is 4.34 Å². The smallest absolute Gasteiger partial charge is 0.159 e. The second-order valence-electron chi connectivity index (χ2n) is 3.99. The predicted octanol–water partition coefficient (Wildman–Crippen LogP) is 4.53. The van der Waals surface area contributed by atoms with E-state index in [4.69, 9.17) is 11.6 Å². The van der Waals surface area contributed by atoms with E-state index >= 15 is 0 Å². The van der Waals surface area contributed by atoms with Gasteiger partial charge in [-0.25, -0.2) is 8.78 Å². The molecular weight excluding hydrogens is 276 g/mol. The van der Waals surface area contributed by atoms with Crippen molar-refractivity contribution < 1.29 is 8.78 Å². The number of benzene rings is 1. The molecule has 0 saturated carbocycles. The van der Waals surface area contributed by atoms with Gasteiger partial charge in [-0.3, -0.25) is 0 Å². The van der Waals surface area contributed by atoms with Gasteiger partial charge in [-0.15, -0.1) is 11.3 Å². The standard InChI is InChI=1S/C13H12ClF2NS/c1-8(12-4-5-13(14)18-12)17-7-9-2-3-10(15)11(16)6-9/h2-6,8,17H,7H2,1H3. The Morgan fingerprint density at radius 1 is 1.22 bits per heavy atom. The van der Waals surface area contributed by atoms with Gasteiger partial charge in [0.1, 0.15) is 0 Å². The quantitative estimate of drug-likeness (QED) is 0.871. The van der Waals surface area contributed by atoms with Crippen molar-refractivity contribution in [3.05, 3.63) is 56.7 Å². The number of hydrogen-bond acceptors (Lipinski definition) is 2. The van der Waals surface area contributed by atoms with Crippen molar-refractivity contribution in [3.63, 3.8) is 0 Å². The summed E-state index contributed by atoms with van der Waals surface area (Å²) in [6, 6.07) is 7.83. The number of halogens is 3. The van der Waals surface area contributed by atoms with E-state index in [2.05, 4.69) is 5.32 Å². The van der Waals surface area contributed by atoms with Crippen LogP contribution >= 0.6 is 22.9 Å². The van der Waals surface area contributed by atoms with Crippen molar-refractivity contribution in [2.24, 2.45) is 0 Å². The molecule has 18 heavy (non-hydrogen) atoms. The molecule has 1 atom stereocenters. The third-order valence-corrected chi connectivity index (χ3v) is 4.03. The number of rotatable bonds is 4. The molecule has 1 N–H and O–H groups in total. The Kier molecular flexibility index (Phi) is 4.32. The Labute approximate surface area is 113 Å². The van der Waals surface area contributed by atoms with E-state index in [9.17, 15) is 8.78 Å². The van der Waals surface area contributed by atoms with Gasteiger partial charge in [0.05, 0.1) is 4.34 Å². The summed E-state index contributed by atoms with van der Waals surface area (Å²) < 4.78 is 26.5. The van der Waals surface area contributed by atoms with Crippen LogP contribution in [0, 0.1) is 11.6 Å². The number of thiophene rings is 1. The van der Waals surface area contributed by atoms with Gasteiger partial charge in [-0.05, 0) is 36.8 Å². The second-order valence-corrected chi connectivity index (χ2v) is 5.74.